The zero-order valence-electron chi connectivity index (χ0n) is 15.4. The molecule has 0 atom stereocenters. The molecule has 2 aromatic rings. The predicted octanol–water partition coefficient (Wildman–Crippen LogP) is 3.41. The minimum Gasteiger partial charge on any atom is -0.351 e. The molecule has 1 fully saturated rings. The van der Waals surface area contributed by atoms with E-state index in [9.17, 15) is 17.6 Å². The molecule has 1 heterocycles. The number of rotatable bonds is 7. The van der Waals surface area contributed by atoms with Gasteiger partial charge in [-0.05, 0) is 42.7 Å². The van der Waals surface area contributed by atoms with Gasteiger partial charge in [-0.1, -0.05) is 30.7 Å². The molecular weight excluding hydrogens is 399 g/mol. The first-order valence-electron chi connectivity index (χ1n) is 9.20. The summed E-state index contributed by atoms with van der Waals surface area (Å²) in [6.45, 7) is 1.33. The minimum atomic E-state index is -3.50. The Kier molecular flexibility index (Phi) is 7.09. The second-order valence-electron chi connectivity index (χ2n) is 6.61. The highest BCUT2D eigenvalue weighted by atomic mass is 32.2. The normalized spacial score (nSPS) is 15.3. The number of hydrogen-bond donors (Lipinski definition) is 1. The number of piperidine rings is 1. The smallest absolute Gasteiger partial charge is 0.243 e. The fourth-order valence-electron chi connectivity index (χ4n) is 3.03. The van der Waals surface area contributed by atoms with Crippen molar-refractivity contribution in [2.45, 2.75) is 35.6 Å². The topological polar surface area (TPSA) is 66.5 Å². The van der Waals surface area contributed by atoms with Crippen LogP contribution in [0.4, 0.5) is 4.39 Å². The number of benzene rings is 2. The number of thioether (sulfide) groups is 1. The van der Waals surface area contributed by atoms with Crippen molar-refractivity contribution in [3.63, 3.8) is 0 Å². The number of hydrogen-bond acceptors (Lipinski definition) is 4. The Morgan fingerprint density at radius 1 is 1.07 bits per heavy atom. The van der Waals surface area contributed by atoms with Gasteiger partial charge < -0.3 is 5.32 Å². The Labute approximate surface area is 169 Å². The van der Waals surface area contributed by atoms with Crippen LogP contribution in [0.15, 0.2) is 58.3 Å². The van der Waals surface area contributed by atoms with Crippen molar-refractivity contribution >= 4 is 27.7 Å². The maximum atomic E-state index is 13.6. The van der Waals surface area contributed by atoms with Gasteiger partial charge in [0.15, 0.2) is 0 Å². The van der Waals surface area contributed by atoms with Gasteiger partial charge >= 0.3 is 0 Å². The van der Waals surface area contributed by atoms with Gasteiger partial charge in [-0.15, -0.1) is 11.8 Å². The fraction of sp³-hybridized carbons (Fsp3) is 0.350. The number of amides is 1. The van der Waals surface area contributed by atoms with E-state index in [2.05, 4.69) is 5.32 Å². The molecule has 0 bridgehead atoms. The maximum absolute atomic E-state index is 13.6. The predicted molar refractivity (Wildman–Crippen MR) is 108 cm³/mol. The summed E-state index contributed by atoms with van der Waals surface area (Å²) in [4.78, 5) is 12.7. The van der Waals surface area contributed by atoms with Crippen LogP contribution in [0.3, 0.4) is 0 Å². The molecule has 0 spiro atoms. The molecule has 1 aliphatic rings. The largest absolute Gasteiger partial charge is 0.351 e. The van der Waals surface area contributed by atoms with Gasteiger partial charge in [-0.25, -0.2) is 12.8 Å². The molecule has 0 aromatic heterocycles. The van der Waals surface area contributed by atoms with E-state index in [-0.39, 0.29) is 28.9 Å². The van der Waals surface area contributed by atoms with Gasteiger partial charge in [0.05, 0.1) is 10.6 Å². The van der Waals surface area contributed by atoms with Crippen LogP contribution in [0.1, 0.15) is 24.8 Å². The van der Waals surface area contributed by atoms with Gasteiger partial charge in [0.2, 0.25) is 15.9 Å². The Bertz CT molecular complexity index is 929. The number of sulfonamides is 1. The zero-order chi connectivity index (χ0) is 20.0. The van der Waals surface area contributed by atoms with Gasteiger partial charge in [0.25, 0.3) is 0 Å². The van der Waals surface area contributed by atoms with Crippen LogP contribution in [0.25, 0.3) is 0 Å². The molecule has 28 heavy (non-hydrogen) atoms. The highest BCUT2D eigenvalue weighted by Gasteiger charge is 2.25. The van der Waals surface area contributed by atoms with E-state index in [0.29, 0.717) is 23.5 Å². The molecule has 8 heteroatoms. The summed E-state index contributed by atoms with van der Waals surface area (Å²) in [6.07, 6.45) is 2.83. The van der Waals surface area contributed by atoms with Crippen LogP contribution in [0, 0.1) is 5.82 Å². The molecule has 2 aromatic carbocycles. The summed E-state index contributed by atoms with van der Waals surface area (Å²) >= 11 is 1.13. The molecule has 1 amide bonds. The summed E-state index contributed by atoms with van der Waals surface area (Å²) in [5.41, 5.74) is 0.710. The van der Waals surface area contributed by atoms with Gasteiger partial charge in [-0.2, -0.15) is 4.31 Å². The Balaban J connectivity index is 1.57. The molecule has 3 rings (SSSR count). The quantitative estimate of drug-likeness (QED) is 0.695. The van der Waals surface area contributed by atoms with Crippen molar-refractivity contribution in [3.05, 3.63) is 59.9 Å². The Hall–Kier alpha value is -1.90. The lowest BCUT2D eigenvalue weighted by Crippen LogP contribution is -2.35. The van der Waals surface area contributed by atoms with Crippen LogP contribution in [0.2, 0.25) is 0 Å². The lowest BCUT2D eigenvalue weighted by Gasteiger charge is -2.26. The third-order valence-electron chi connectivity index (χ3n) is 4.54. The molecule has 0 saturated carbocycles. The number of carbonyl (C=O) groups excluding carboxylic acids is 1. The highest BCUT2D eigenvalue weighted by Crippen LogP contribution is 2.22. The van der Waals surface area contributed by atoms with Crippen LogP contribution in [-0.2, 0) is 21.4 Å². The lowest BCUT2D eigenvalue weighted by atomic mass is 10.2. The highest BCUT2D eigenvalue weighted by molar-refractivity contribution is 8.00. The van der Waals surface area contributed by atoms with E-state index in [1.807, 2.05) is 0 Å². The summed E-state index contributed by atoms with van der Waals surface area (Å²) in [5, 5.41) is 2.76. The van der Waals surface area contributed by atoms with E-state index in [4.69, 9.17) is 0 Å². The molecule has 0 aliphatic carbocycles. The molecule has 0 unspecified atom stereocenters. The molecule has 1 N–H and O–H groups in total. The lowest BCUT2D eigenvalue weighted by molar-refractivity contribution is -0.118. The standard InChI is InChI=1S/C20H23FN2O3S2/c21-18-9-2-3-10-19(18)27-15-20(24)22-14-16-7-6-8-17(13-16)28(25,26)23-11-4-1-5-12-23/h2-3,6-10,13H,1,4-5,11-12,14-15H2,(H,22,24). The van der Waals surface area contributed by atoms with Gasteiger partial charge in [-0.3, -0.25) is 4.79 Å². The molecule has 150 valence electrons. The summed E-state index contributed by atoms with van der Waals surface area (Å²) in [5.74, 6) is -0.499. The van der Waals surface area contributed by atoms with Crippen molar-refractivity contribution < 1.29 is 17.6 Å². The third-order valence-corrected chi connectivity index (χ3v) is 7.48. The Morgan fingerprint density at radius 2 is 1.82 bits per heavy atom. The monoisotopic (exact) mass is 422 g/mol. The van der Waals surface area contributed by atoms with E-state index >= 15 is 0 Å². The molecule has 0 radical (unpaired) electrons. The molecular formula is C20H23FN2O3S2. The molecule has 1 aliphatic heterocycles. The first-order chi connectivity index (χ1) is 13.5. The second-order valence-corrected chi connectivity index (χ2v) is 9.56. The van der Waals surface area contributed by atoms with Crippen LogP contribution < -0.4 is 5.32 Å². The average Bonchev–Trinajstić information content (AvgIpc) is 2.72. The van der Waals surface area contributed by atoms with Crippen LogP contribution in [0.5, 0.6) is 0 Å². The first-order valence-corrected chi connectivity index (χ1v) is 11.6. The maximum Gasteiger partial charge on any atom is 0.243 e. The number of halogens is 1. The van der Waals surface area contributed by atoms with Crippen LogP contribution >= 0.6 is 11.8 Å². The van der Waals surface area contributed by atoms with Crippen molar-refractivity contribution in [2.24, 2.45) is 0 Å². The number of nitrogens with one attached hydrogen (secondary N) is 1. The van der Waals surface area contributed by atoms with Crippen molar-refractivity contribution in [3.8, 4) is 0 Å². The van der Waals surface area contributed by atoms with Gasteiger partial charge in [0, 0.05) is 24.5 Å². The van der Waals surface area contributed by atoms with Crippen LogP contribution in [-0.4, -0.2) is 37.5 Å². The Morgan fingerprint density at radius 3 is 2.57 bits per heavy atom. The second kappa shape index (κ2) is 9.54. The van der Waals surface area contributed by atoms with Crippen molar-refractivity contribution in [2.75, 3.05) is 18.8 Å². The average molecular weight is 423 g/mol. The number of nitrogens with zero attached hydrogens (tertiary/aromatic N) is 1. The number of carbonyl (C=O) groups is 1. The van der Waals surface area contributed by atoms with E-state index in [0.717, 1.165) is 31.0 Å². The van der Waals surface area contributed by atoms with E-state index in [1.54, 1.807) is 42.5 Å². The minimum absolute atomic E-state index is 0.0900. The fourth-order valence-corrected chi connectivity index (χ4v) is 5.38. The summed E-state index contributed by atoms with van der Waals surface area (Å²) < 4.78 is 40.7. The SMILES string of the molecule is O=C(CSc1ccccc1F)NCc1cccc(S(=O)(=O)N2CCCCC2)c1. The molecule has 1 saturated heterocycles. The first kappa shape index (κ1) is 20.8. The summed E-state index contributed by atoms with van der Waals surface area (Å²) in [6, 6.07) is 13.0. The van der Waals surface area contributed by atoms with Crippen molar-refractivity contribution in [1.82, 2.24) is 9.62 Å². The van der Waals surface area contributed by atoms with E-state index < -0.39 is 10.0 Å². The van der Waals surface area contributed by atoms with Gasteiger partial charge in [0.1, 0.15) is 5.82 Å². The summed E-state index contributed by atoms with van der Waals surface area (Å²) in [7, 11) is -3.50. The molecule has 5 nitrogen and oxygen atoms in total. The zero-order valence-corrected chi connectivity index (χ0v) is 17.1. The van der Waals surface area contributed by atoms with E-state index in [1.165, 1.54) is 10.4 Å². The van der Waals surface area contributed by atoms with Crippen molar-refractivity contribution in [1.29, 1.82) is 0 Å². The third kappa shape index (κ3) is 5.33.